The van der Waals surface area contributed by atoms with Crippen molar-refractivity contribution >= 4 is 27.4 Å². The molecule has 230 valence electrons. The van der Waals surface area contributed by atoms with Crippen LogP contribution < -0.4 is 14.8 Å². The highest BCUT2D eigenvalue weighted by Gasteiger charge is 2.60. The fourth-order valence-electron chi connectivity index (χ4n) is 4.84. The van der Waals surface area contributed by atoms with Crippen LogP contribution in [0, 0.1) is 5.92 Å². The van der Waals surface area contributed by atoms with Crippen LogP contribution in [0.15, 0.2) is 42.1 Å². The summed E-state index contributed by atoms with van der Waals surface area (Å²) < 4.78 is 113. The predicted octanol–water partition coefficient (Wildman–Crippen LogP) is 4.21. The highest BCUT2D eigenvalue weighted by Crippen LogP contribution is 2.48. The van der Waals surface area contributed by atoms with Crippen molar-refractivity contribution in [1.29, 1.82) is 0 Å². The molecule has 2 aliphatic rings. The molecule has 2 heterocycles. The molecule has 0 spiro atoms. The number of hydrogen-bond acceptors (Lipinski definition) is 6. The standard InChI is InChI=1S/C26H28F6N4O5S/c1-42(39,40)35-23(38)21-19(20-10-12-36(34-20)15-16-4-2-5-16)14-24(26(30,31)32,33-22(21)37)17-6-8-18(9-7-17)41-13-3-11-25(27,28)29/h6-10,12,16H,2-5,11,13-15H2,1H3,(H,33,37)(H,35,38). The van der Waals surface area contributed by atoms with Crippen LogP contribution in [0.2, 0.25) is 0 Å². The molecule has 16 heteroatoms. The van der Waals surface area contributed by atoms with Crippen LogP contribution in [-0.4, -0.2) is 55.2 Å². The summed E-state index contributed by atoms with van der Waals surface area (Å²) in [7, 11) is -4.18. The molecule has 1 aromatic heterocycles. The zero-order valence-electron chi connectivity index (χ0n) is 22.3. The number of sulfonamides is 1. The van der Waals surface area contributed by atoms with E-state index >= 15 is 0 Å². The van der Waals surface area contributed by atoms with Crippen LogP contribution in [0.25, 0.3) is 5.57 Å². The third-order valence-electron chi connectivity index (χ3n) is 7.13. The van der Waals surface area contributed by atoms with E-state index in [-0.39, 0.29) is 24.5 Å². The Kier molecular flexibility index (Phi) is 8.67. The van der Waals surface area contributed by atoms with Crippen molar-refractivity contribution in [3.05, 3.63) is 53.4 Å². The summed E-state index contributed by atoms with van der Waals surface area (Å²) in [5.74, 6) is -2.52. The first-order valence-electron chi connectivity index (χ1n) is 13.0. The molecule has 0 bridgehead atoms. The van der Waals surface area contributed by atoms with E-state index < -0.39 is 69.3 Å². The van der Waals surface area contributed by atoms with E-state index in [1.807, 2.05) is 5.32 Å². The molecule has 42 heavy (non-hydrogen) atoms. The molecule has 1 unspecified atom stereocenters. The minimum Gasteiger partial charge on any atom is -0.494 e. The lowest BCUT2D eigenvalue weighted by Crippen LogP contribution is -2.59. The van der Waals surface area contributed by atoms with Gasteiger partial charge in [-0.15, -0.1) is 0 Å². The van der Waals surface area contributed by atoms with Gasteiger partial charge in [0.15, 0.2) is 5.54 Å². The van der Waals surface area contributed by atoms with Crippen molar-refractivity contribution in [3.8, 4) is 5.75 Å². The summed E-state index contributed by atoms with van der Waals surface area (Å²) in [6.45, 7) is 0.161. The third kappa shape index (κ3) is 7.25. The highest BCUT2D eigenvalue weighted by molar-refractivity contribution is 7.89. The number of aromatic nitrogens is 2. The molecule has 2 aromatic rings. The van der Waals surface area contributed by atoms with Crippen LogP contribution in [0.1, 0.15) is 49.8 Å². The smallest absolute Gasteiger partial charge is 0.416 e. The van der Waals surface area contributed by atoms with Gasteiger partial charge in [0.05, 0.1) is 18.6 Å². The van der Waals surface area contributed by atoms with Crippen molar-refractivity contribution in [3.63, 3.8) is 0 Å². The van der Waals surface area contributed by atoms with Gasteiger partial charge in [-0.25, -0.2) is 13.1 Å². The Bertz CT molecular complexity index is 1460. The van der Waals surface area contributed by atoms with E-state index in [4.69, 9.17) is 4.74 Å². The number of alkyl halides is 6. The maximum Gasteiger partial charge on any atom is 0.416 e. The number of hydrogen-bond donors (Lipinski definition) is 2. The lowest BCUT2D eigenvalue weighted by Gasteiger charge is -2.41. The van der Waals surface area contributed by atoms with Crippen LogP contribution in [-0.2, 0) is 31.7 Å². The van der Waals surface area contributed by atoms with E-state index in [2.05, 4.69) is 5.10 Å². The Hall–Kier alpha value is -3.56. The molecule has 1 aromatic carbocycles. The summed E-state index contributed by atoms with van der Waals surface area (Å²) in [6.07, 6.45) is -6.79. The van der Waals surface area contributed by atoms with Crippen molar-refractivity contribution in [1.82, 2.24) is 19.8 Å². The monoisotopic (exact) mass is 622 g/mol. The van der Waals surface area contributed by atoms with Crippen molar-refractivity contribution in [2.24, 2.45) is 5.92 Å². The fourth-order valence-corrected chi connectivity index (χ4v) is 5.28. The Morgan fingerprint density at radius 3 is 2.36 bits per heavy atom. The number of carbonyl (C=O) groups excluding carboxylic acids is 2. The van der Waals surface area contributed by atoms with Crippen LogP contribution in [0.4, 0.5) is 26.3 Å². The van der Waals surface area contributed by atoms with Gasteiger partial charge in [-0.05, 0) is 48.9 Å². The molecule has 1 fully saturated rings. The molecule has 1 aliphatic heterocycles. The second-order valence-electron chi connectivity index (χ2n) is 10.4. The molecule has 4 rings (SSSR count). The fraction of sp³-hybridized carbons (Fsp3) is 0.500. The zero-order valence-corrected chi connectivity index (χ0v) is 23.1. The van der Waals surface area contributed by atoms with Gasteiger partial charge in [0.25, 0.3) is 11.8 Å². The Balaban J connectivity index is 1.70. The minimum atomic E-state index is -5.11. The van der Waals surface area contributed by atoms with Crippen LogP contribution in [0.3, 0.4) is 0 Å². The number of rotatable bonds is 10. The van der Waals surface area contributed by atoms with Crippen molar-refractivity contribution in [2.75, 3.05) is 12.9 Å². The SMILES string of the molecule is CS(=O)(=O)NC(=O)C1=C(c2ccn(CC3CCC3)n2)CC(c2ccc(OCCCC(F)(F)F)cc2)(C(F)(F)F)NC1=O. The number of benzene rings is 1. The largest absolute Gasteiger partial charge is 0.494 e. The summed E-state index contributed by atoms with van der Waals surface area (Å²) in [5, 5.41) is 6.19. The number of halogens is 6. The number of nitrogens with one attached hydrogen (secondary N) is 2. The van der Waals surface area contributed by atoms with Gasteiger partial charge in [-0.3, -0.25) is 14.3 Å². The molecule has 1 atom stereocenters. The predicted molar refractivity (Wildman–Crippen MR) is 137 cm³/mol. The average Bonchev–Trinajstić information content (AvgIpc) is 3.30. The number of nitrogens with zero attached hydrogens (tertiary/aromatic N) is 2. The molecule has 0 saturated heterocycles. The third-order valence-corrected chi connectivity index (χ3v) is 7.68. The molecule has 2 N–H and O–H groups in total. The minimum absolute atomic E-state index is 0.0131. The van der Waals surface area contributed by atoms with Gasteiger partial charge in [-0.2, -0.15) is 31.4 Å². The molecule has 9 nitrogen and oxygen atoms in total. The second-order valence-corrected chi connectivity index (χ2v) is 12.2. The number of amides is 2. The Morgan fingerprint density at radius 2 is 1.81 bits per heavy atom. The number of carbonyl (C=O) groups is 2. The molecule has 1 saturated carbocycles. The van der Waals surface area contributed by atoms with Gasteiger partial charge in [0.1, 0.15) is 11.3 Å². The van der Waals surface area contributed by atoms with Crippen LogP contribution >= 0.6 is 0 Å². The topological polar surface area (TPSA) is 119 Å². The van der Waals surface area contributed by atoms with Crippen molar-refractivity contribution < 1.29 is 49.1 Å². The summed E-state index contributed by atoms with van der Waals surface area (Å²) >= 11 is 0. The maximum atomic E-state index is 14.8. The van der Waals surface area contributed by atoms with Gasteiger partial charge in [0.2, 0.25) is 10.0 Å². The first kappa shape index (κ1) is 31.4. The lowest BCUT2D eigenvalue weighted by atomic mass is 9.77. The molecular formula is C26H28F6N4O5S. The quantitative estimate of drug-likeness (QED) is 0.233. The van der Waals surface area contributed by atoms with Gasteiger partial charge in [-0.1, -0.05) is 18.6 Å². The Labute approximate surface area is 237 Å². The first-order valence-corrected chi connectivity index (χ1v) is 14.8. The summed E-state index contributed by atoms with van der Waals surface area (Å²) in [4.78, 5) is 26.1. The maximum absolute atomic E-state index is 14.8. The van der Waals surface area contributed by atoms with Crippen molar-refractivity contribution in [2.45, 2.75) is 63.0 Å². The molecule has 2 amide bonds. The van der Waals surface area contributed by atoms with Gasteiger partial charge in [0, 0.05) is 31.2 Å². The Morgan fingerprint density at radius 1 is 1.14 bits per heavy atom. The first-order chi connectivity index (χ1) is 19.5. The molecule has 1 aliphatic carbocycles. The molecule has 0 radical (unpaired) electrons. The van der Waals surface area contributed by atoms with Crippen LogP contribution in [0.5, 0.6) is 5.75 Å². The number of ether oxygens (including phenoxy) is 1. The second kappa shape index (κ2) is 11.6. The lowest BCUT2D eigenvalue weighted by molar-refractivity contribution is -0.202. The van der Waals surface area contributed by atoms with E-state index in [9.17, 15) is 44.3 Å². The molecular weight excluding hydrogens is 594 g/mol. The highest BCUT2D eigenvalue weighted by atomic mass is 32.2. The van der Waals surface area contributed by atoms with E-state index in [0.29, 0.717) is 18.7 Å². The summed E-state index contributed by atoms with van der Waals surface area (Å²) in [5.41, 5.74) is -4.82. The van der Waals surface area contributed by atoms with Gasteiger partial charge >= 0.3 is 12.4 Å². The van der Waals surface area contributed by atoms with Gasteiger partial charge < -0.3 is 10.1 Å². The normalized spacial score (nSPS) is 20.2. The zero-order chi connectivity index (χ0) is 30.9. The summed E-state index contributed by atoms with van der Waals surface area (Å²) in [6, 6.07) is 5.65. The van der Waals surface area contributed by atoms with E-state index in [1.54, 1.807) is 4.72 Å². The van der Waals surface area contributed by atoms with E-state index in [1.165, 1.54) is 16.9 Å². The average molecular weight is 623 g/mol. The van der Waals surface area contributed by atoms with E-state index in [0.717, 1.165) is 43.5 Å².